The van der Waals surface area contributed by atoms with E-state index in [0.29, 0.717) is 22.2 Å². The summed E-state index contributed by atoms with van der Waals surface area (Å²) in [6, 6.07) is 7.15. The van der Waals surface area contributed by atoms with Crippen LogP contribution >= 0.6 is 11.6 Å². The van der Waals surface area contributed by atoms with E-state index in [1.807, 2.05) is 12.1 Å². The molecule has 0 radical (unpaired) electrons. The quantitative estimate of drug-likeness (QED) is 0.668. The van der Waals surface area contributed by atoms with Crippen LogP contribution < -0.4 is 4.90 Å². The summed E-state index contributed by atoms with van der Waals surface area (Å²) in [5, 5.41) is 0.413. The van der Waals surface area contributed by atoms with Crippen molar-refractivity contribution in [3.63, 3.8) is 0 Å². The molecule has 2 aromatic rings. The van der Waals surface area contributed by atoms with Crippen molar-refractivity contribution < 1.29 is 9.00 Å². The van der Waals surface area contributed by atoms with Gasteiger partial charge in [-0.3, -0.25) is 19.0 Å². The van der Waals surface area contributed by atoms with E-state index in [-0.39, 0.29) is 5.91 Å². The minimum absolute atomic E-state index is 0.120. The lowest BCUT2D eigenvalue weighted by Crippen LogP contribution is -2.47. The number of carbonyl (C=O) groups is 1. The van der Waals surface area contributed by atoms with Gasteiger partial charge in [0.1, 0.15) is 11.0 Å². The van der Waals surface area contributed by atoms with Crippen LogP contribution in [-0.2, 0) is 11.0 Å². The van der Waals surface area contributed by atoms with Crippen molar-refractivity contribution in [3.05, 3.63) is 47.4 Å². The van der Waals surface area contributed by atoms with Crippen LogP contribution in [0.5, 0.6) is 0 Å². The molecule has 2 aliphatic heterocycles. The Morgan fingerprint density at radius 3 is 2.54 bits per heavy atom. The molecule has 0 saturated carbocycles. The van der Waals surface area contributed by atoms with E-state index in [2.05, 4.69) is 19.8 Å². The number of hydrogen-bond acceptors (Lipinski definition) is 6. The van der Waals surface area contributed by atoms with Crippen molar-refractivity contribution >= 4 is 34.3 Å². The first kappa shape index (κ1) is 19.3. The van der Waals surface area contributed by atoms with Gasteiger partial charge >= 0.3 is 0 Å². The summed E-state index contributed by atoms with van der Waals surface area (Å²) in [6.07, 6.45) is 5.09. The lowest BCUT2D eigenvalue weighted by atomic mass is 10.2. The second kappa shape index (κ2) is 8.55. The van der Waals surface area contributed by atoms with Gasteiger partial charge < -0.3 is 4.90 Å². The Labute approximate surface area is 171 Å². The van der Waals surface area contributed by atoms with Gasteiger partial charge in [-0.25, -0.2) is 9.19 Å². The first-order valence-corrected chi connectivity index (χ1v) is 10.9. The minimum atomic E-state index is -1.36. The number of hydrogen-bond donors (Lipinski definition) is 0. The number of unbranched alkanes of at least 4 members (excludes halogenated alkanes) is 1. The first-order valence-electron chi connectivity index (χ1n) is 9.41. The normalized spacial score (nSPS) is 19.9. The summed E-state index contributed by atoms with van der Waals surface area (Å²) < 4.78 is 14.0. The molecule has 1 atom stereocenters. The number of benzene rings is 1. The molecule has 0 bridgehead atoms. The van der Waals surface area contributed by atoms with Gasteiger partial charge in [-0.2, -0.15) is 0 Å². The van der Waals surface area contributed by atoms with E-state index in [0.717, 1.165) is 51.4 Å². The predicted molar refractivity (Wildman–Crippen MR) is 109 cm³/mol. The van der Waals surface area contributed by atoms with Crippen molar-refractivity contribution in [1.29, 1.82) is 0 Å². The van der Waals surface area contributed by atoms with Crippen LogP contribution in [0.4, 0.5) is 5.82 Å². The number of aromatic nitrogens is 2. The van der Waals surface area contributed by atoms with Crippen molar-refractivity contribution in [2.75, 3.05) is 44.2 Å². The second-order valence-corrected chi connectivity index (χ2v) is 8.65. The molecule has 7 nitrogen and oxygen atoms in total. The van der Waals surface area contributed by atoms with Gasteiger partial charge in [0.15, 0.2) is 11.0 Å². The van der Waals surface area contributed by atoms with Crippen LogP contribution in [0, 0.1) is 0 Å². The Bertz CT molecular complexity index is 853. The summed E-state index contributed by atoms with van der Waals surface area (Å²) in [4.78, 5) is 26.0. The van der Waals surface area contributed by atoms with E-state index in [9.17, 15) is 9.00 Å². The third-order valence-electron chi connectivity index (χ3n) is 5.11. The Kier molecular flexibility index (Phi) is 5.89. The first-order chi connectivity index (χ1) is 13.6. The fraction of sp³-hybridized carbons (Fsp3) is 0.421. The Balaban J connectivity index is 1.20. The highest BCUT2D eigenvalue weighted by molar-refractivity contribution is 7.84. The smallest absolute Gasteiger partial charge is 0.267 e. The summed E-state index contributed by atoms with van der Waals surface area (Å²) in [7, 11) is -1.36. The molecule has 1 fully saturated rings. The van der Waals surface area contributed by atoms with Crippen molar-refractivity contribution in [3.8, 4) is 0 Å². The molecular formula is C19H22ClN5O2S. The molecule has 1 saturated heterocycles. The fourth-order valence-corrected chi connectivity index (χ4v) is 5.05. The van der Waals surface area contributed by atoms with Crippen LogP contribution in [-0.4, -0.2) is 68.6 Å². The summed E-state index contributed by atoms with van der Waals surface area (Å²) in [5.41, 5.74) is 0.570. The maximum absolute atomic E-state index is 12.5. The Hall–Kier alpha value is -2.03. The largest absolute Gasteiger partial charge is 0.353 e. The summed E-state index contributed by atoms with van der Waals surface area (Å²) >= 11 is 5.92. The Morgan fingerprint density at radius 2 is 1.79 bits per heavy atom. The molecule has 4 rings (SSSR count). The highest BCUT2D eigenvalue weighted by Gasteiger charge is 2.33. The predicted octanol–water partition coefficient (Wildman–Crippen LogP) is 2.21. The van der Waals surface area contributed by atoms with Crippen molar-refractivity contribution in [2.45, 2.75) is 17.7 Å². The van der Waals surface area contributed by atoms with Gasteiger partial charge in [-0.05, 0) is 31.5 Å². The molecule has 148 valence electrons. The van der Waals surface area contributed by atoms with Crippen LogP contribution in [0.25, 0.3) is 0 Å². The number of rotatable bonds is 6. The molecule has 1 aromatic heterocycles. The molecule has 9 heteroatoms. The van der Waals surface area contributed by atoms with Gasteiger partial charge in [0.05, 0.1) is 22.9 Å². The number of halogens is 1. The van der Waals surface area contributed by atoms with Gasteiger partial charge in [0.25, 0.3) is 5.91 Å². The van der Waals surface area contributed by atoms with E-state index < -0.39 is 11.0 Å². The number of carbonyl (C=O) groups excluding carboxylic acids is 1. The van der Waals surface area contributed by atoms with E-state index in [1.54, 1.807) is 18.3 Å². The zero-order valence-electron chi connectivity index (χ0n) is 15.5. The lowest BCUT2D eigenvalue weighted by molar-refractivity contribution is 0.0872. The molecular weight excluding hydrogens is 398 g/mol. The Morgan fingerprint density at radius 1 is 1.04 bits per heavy atom. The van der Waals surface area contributed by atoms with Gasteiger partial charge in [0, 0.05) is 32.7 Å². The average Bonchev–Trinajstić information content (AvgIpc) is 2.96. The van der Waals surface area contributed by atoms with E-state index >= 15 is 0 Å². The number of nitrogens with zero attached hydrogens (tertiary/aromatic N) is 5. The third-order valence-corrected chi connectivity index (χ3v) is 6.77. The summed E-state index contributed by atoms with van der Waals surface area (Å²) in [6.45, 7) is 5.18. The van der Waals surface area contributed by atoms with Gasteiger partial charge in [-0.1, -0.05) is 23.7 Å². The highest BCUT2D eigenvalue weighted by atomic mass is 35.5. The molecule has 1 unspecified atom stereocenters. The van der Waals surface area contributed by atoms with E-state index in [1.165, 1.54) is 10.5 Å². The van der Waals surface area contributed by atoms with Crippen LogP contribution in [0.2, 0.25) is 5.15 Å². The fourth-order valence-electron chi connectivity index (χ4n) is 3.58. The minimum Gasteiger partial charge on any atom is -0.353 e. The van der Waals surface area contributed by atoms with Crippen molar-refractivity contribution in [2.24, 2.45) is 0 Å². The SMILES string of the molecule is O=C1c2ccccc2S(=O)N1CCCCN1CCN(c2cncc(Cl)n2)CC1. The zero-order chi connectivity index (χ0) is 19.5. The third kappa shape index (κ3) is 4.04. The average molecular weight is 420 g/mol. The van der Waals surface area contributed by atoms with Crippen LogP contribution in [0.15, 0.2) is 41.6 Å². The monoisotopic (exact) mass is 419 g/mol. The zero-order valence-corrected chi connectivity index (χ0v) is 17.0. The number of amides is 1. The lowest BCUT2D eigenvalue weighted by Gasteiger charge is -2.35. The highest BCUT2D eigenvalue weighted by Crippen LogP contribution is 2.26. The molecule has 1 amide bonds. The van der Waals surface area contributed by atoms with Crippen molar-refractivity contribution in [1.82, 2.24) is 19.2 Å². The molecule has 3 heterocycles. The van der Waals surface area contributed by atoms with Gasteiger partial charge in [-0.15, -0.1) is 0 Å². The molecule has 0 N–H and O–H groups in total. The molecule has 0 spiro atoms. The van der Waals surface area contributed by atoms with E-state index in [4.69, 9.17) is 11.6 Å². The topological polar surface area (TPSA) is 69.6 Å². The summed E-state index contributed by atoms with van der Waals surface area (Å²) in [5.74, 6) is 0.701. The molecule has 2 aliphatic rings. The molecule has 28 heavy (non-hydrogen) atoms. The maximum atomic E-state index is 12.5. The number of anilines is 1. The number of fused-ring (bicyclic) bond motifs is 1. The molecule has 0 aliphatic carbocycles. The number of piperazine rings is 1. The maximum Gasteiger partial charge on any atom is 0.267 e. The second-order valence-electron chi connectivity index (χ2n) is 6.89. The van der Waals surface area contributed by atoms with Crippen LogP contribution in [0.1, 0.15) is 23.2 Å². The standard InChI is InChI=1S/C19H22ClN5O2S/c20-17-13-21-14-18(22-17)24-11-9-23(10-12-24)7-3-4-8-25-19(26)15-5-1-2-6-16(15)28(25)27/h1-2,5-6,13-14H,3-4,7-12H2. The molecule has 1 aromatic carbocycles. The van der Waals surface area contributed by atoms with Gasteiger partial charge in [0.2, 0.25) is 0 Å². The van der Waals surface area contributed by atoms with Crippen LogP contribution in [0.3, 0.4) is 0 Å².